The Morgan fingerprint density at radius 2 is 1.76 bits per heavy atom. The van der Waals surface area contributed by atoms with Crippen LogP contribution in [0.15, 0.2) is 36.4 Å². The van der Waals surface area contributed by atoms with E-state index in [0.29, 0.717) is 34.1 Å². The second-order valence-corrected chi connectivity index (χ2v) is 8.01. The predicted molar refractivity (Wildman–Crippen MR) is 114 cm³/mol. The van der Waals surface area contributed by atoms with Gasteiger partial charge in [0.1, 0.15) is 18.0 Å². The number of nitrogens with two attached hydrogens (primary N) is 1. The van der Waals surface area contributed by atoms with Crippen LogP contribution in [-0.4, -0.2) is 44.6 Å². The third-order valence-electron chi connectivity index (χ3n) is 5.37. The first kappa shape index (κ1) is 24.6. The average molecular weight is 486 g/mol. The van der Waals surface area contributed by atoms with Crippen LogP contribution in [0.4, 0.5) is 17.6 Å². The van der Waals surface area contributed by atoms with Gasteiger partial charge in [-0.1, -0.05) is 42.5 Å². The highest BCUT2D eigenvalue weighted by Gasteiger charge is 2.39. The molecule has 1 aromatic carbocycles. The maximum Gasteiger partial charge on any atom is 0.341 e. The molecular weight excluding hydrogens is 464 g/mol. The summed E-state index contributed by atoms with van der Waals surface area (Å²) in [4.78, 5) is 27.8. The van der Waals surface area contributed by atoms with Crippen molar-refractivity contribution < 1.29 is 31.9 Å². The minimum Gasteiger partial charge on any atom is -0.459 e. The van der Waals surface area contributed by atoms with Crippen molar-refractivity contribution in [3.63, 3.8) is 0 Å². The van der Waals surface area contributed by atoms with E-state index < -0.39 is 42.2 Å². The lowest BCUT2D eigenvalue weighted by Gasteiger charge is -2.33. The van der Waals surface area contributed by atoms with Crippen LogP contribution in [0.2, 0.25) is 0 Å². The number of rotatable bonds is 8. The van der Waals surface area contributed by atoms with E-state index >= 15 is 0 Å². The van der Waals surface area contributed by atoms with Crippen LogP contribution in [0.3, 0.4) is 0 Å². The monoisotopic (exact) mass is 486 g/mol. The van der Waals surface area contributed by atoms with Crippen molar-refractivity contribution in [2.45, 2.75) is 38.3 Å². The molecule has 0 bridgehead atoms. The highest BCUT2D eigenvalue weighted by Crippen LogP contribution is 2.30. The molecule has 33 heavy (non-hydrogen) atoms. The molecule has 1 fully saturated rings. The maximum absolute atomic E-state index is 13.6. The predicted octanol–water partition coefficient (Wildman–Crippen LogP) is 3.57. The molecule has 2 heterocycles. The molecule has 1 aliphatic rings. The number of piperidine rings is 1. The number of carbonyl (C=O) groups is 2. The fourth-order valence-electron chi connectivity index (χ4n) is 3.58. The number of alkyl halides is 4. The van der Waals surface area contributed by atoms with Gasteiger partial charge in [0.25, 0.3) is 18.8 Å². The Morgan fingerprint density at radius 3 is 2.30 bits per heavy atom. The second-order valence-electron chi connectivity index (χ2n) is 7.54. The largest absolute Gasteiger partial charge is 0.459 e. The summed E-state index contributed by atoms with van der Waals surface area (Å²) in [7, 11) is 0. The van der Waals surface area contributed by atoms with Crippen molar-refractivity contribution in [3.8, 4) is 0 Å². The highest BCUT2D eigenvalue weighted by atomic mass is 32.1. The standard InChI is InChI=1S/C21H22F4N4O3S/c22-17(23)14-10-15(18(24)25)29(27-14)16(21(31)32-11-12-4-2-1-3-5-12)20(30)28-8-6-13(7-9-28)19(26)33/h1-5,10,13,16-18H,6-9,11H2,(H2,26,33). The molecule has 1 aliphatic heterocycles. The van der Waals surface area contributed by atoms with E-state index in [0.717, 1.165) is 0 Å². The van der Waals surface area contributed by atoms with E-state index in [9.17, 15) is 27.2 Å². The molecular formula is C21H22F4N4O3S. The molecule has 1 amide bonds. The van der Waals surface area contributed by atoms with Crippen LogP contribution in [0, 0.1) is 5.92 Å². The zero-order chi connectivity index (χ0) is 24.1. The zero-order valence-corrected chi connectivity index (χ0v) is 18.2. The lowest BCUT2D eigenvalue weighted by molar-refractivity contribution is -0.157. The number of amides is 1. The molecule has 1 atom stereocenters. The van der Waals surface area contributed by atoms with Crippen LogP contribution >= 0.6 is 12.2 Å². The van der Waals surface area contributed by atoms with E-state index in [1.165, 1.54) is 4.90 Å². The lowest BCUT2D eigenvalue weighted by Crippen LogP contribution is -2.47. The SMILES string of the molecule is NC(=S)C1CCN(C(=O)C(C(=O)OCc2ccccc2)n2nc(C(F)F)cc2C(F)F)CC1. The van der Waals surface area contributed by atoms with Crippen LogP contribution in [0.5, 0.6) is 0 Å². The van der Waals surface area contributed by atoms with Crippen LogP contribution in [-0.2, 0) is 20.9 Å². The summed E-state index contributed by atoms with van der Waals surface area (Å²) in [6.07, 6.45) is -5.56. The van der Waals surface area contributed by atoms with Gasteiger partial charge in [-0.2, -0.15) is 5.10 Å². The molecule has 0 spiro atoms. The Labute approximate surface area is 192 Å². The number of likely N-dealkylation sites (tertiary alicyclic amines) is 1. The first-order valence-electron chi connectivity index (χ1n) is 10.1. The Balaban J connectivity index is 1.90. The summed E-state index contributed by atoms with van der Waals surface area (Å²) < 4.78 is 59.1. The van der Waals surface area contributed by atoms with E-state index in [-0.39, 0.29) is 25.6 Å². The van der Waals surface area contributed by atoms with Crippen LogP contribution in [0.25, 0.3) is 0 Å². The number of carbonyl (C=O) groups excluding carboxylic acids is 2. The number of thiocarbonyl (C=S) groups is 1. The Morgan fingerprint density at radius 1 is 1.12 bits per heavy atom. The number of esters is 1. The first-order valence-corrected chi connectivity index (χ1v) is 10.5. The minimum atomic E-state index is -3.25. The third kappa shape index (κ3) is 5.86. The zero-order valence-electron chi connectivity index (χ0n) is 17.4. The fourth-order valence-corrected chi connectivity index (χ4v) is 3.81. The van der Waals surface area contributed by atoms with Crippen molar-refractivity contribution in [2.24, 2.45) is 11.7 Å². The summed E-state index contributed by atoms with van der Waals surface area (Å²) >= 11 is 4.98. The van der Waals surface area contributed by atoms with Gasteiger partial charge in [0.05, 0.1) is 4.99 Å². The lowest BCUT2D eigenvalue weighted by atomic mass is 9.96. The van der Waals surface area contributed by atoms with Gasteiger partial charge in [-0.25, -0.2) is 27.0 Å². The molecule has 3 rings (SSSR count). The minimum absolute atomic E-state index is 0.0979. The molecule has 1 saturated heterocycles. The molecule has 1 aromatic heterocycles. The summed E-state index contributed by atoms with van der Waals surface area (Å²) in [5.74, 6) is -2.15. The normalized spacial score (nSPS) is 15.6. The maximum atomic E-state index is 13.6. The molecule has 0 radical (unpaired) electrons. The summed E-state index contributed by atoms with van der Waals surface area (Å²) in [6.45, 7) is 0.0898. The molecule has 2 aromatic rings. The smallest absolute Gasteiger partial charge is 0.341 e. The van der Waals surface area contributed by atoms with Crippen molar-refractivity contribution in [2.75, 3.05) is 13.1 Å². The van der Waals surface area contributed by atoms with Gasteiger partial charge in [0.15, 0.2) is 0 Å². The summed E-state index contributed by atoms with van der Waals surface area (Å²) in [5, 5.41) is 3.46. The number of nitrogens with zero attached hydrogens (tertiary/aromatic N) is 3. The van der Waals surface area contributed by atoms with Gasteiger partial charge < -0.3 is 15.4 Å². The van der Waals surface area contributed by atoms with Crippen molar-refractivity contribution >= 4 is 29.1 Å². The molecule has 1 unspecified atom stereocenters. The van der Waals surface area contributed by atoms with Gasteiger partial charge >= 0.3 is 5.97 Å². The van der Waals surface area contributed by atoms with E-state index in [4.69, 9.17) is 22.7 Å². The Bertz CT molecular complexity index is 995. The quantitative estimate of drug-likeness (QED) is 0.266. The van der Waals surface area contributed by atoms with Crippen LogP contribution in [0.1, 0.15) is 48.7 Å². The topological polar surface area (TPSA) is 90.5 Å². The number of aromatic nitrogens is 2. The number of hydrogen-bond donors (Lipinski definition) is 1. The van der Waals surface area contributed by atoms with Gasteiger partial charge in [0, 0.05) is 19.0 Å². The Kier molecular flexibility index (Phi) is 8.01. The molecule has 7 nitrogen and oxygen atoms in total. The van der Waals surface area contributed by atoms with Crippen molar-refractivity contribution in [3.05, 3.63) is 53.3 Å². The molecule has 0 saturated carbocycles. The number of benzene rings is 1. The van der Waals surface area contributed by atoms with Gasteiger partial charge in [-0.3, -0.25) is 4.79 Å². The molecule has 178 valence electrons. The fraction of sp³-hybridized carbons (Fsp3) is 0.429. The molecule has 0 aliphatic carbocycles. The first-order chi connectivity index (χ1) is 15.7. The van der Waals surface area contributed by atoms with E-state index in [1.807, 2.05) is 0 Å². The molecule has 2 N–H and O–H groups in total. The highest BCUT2D eigenvalue weighted by molar-refractivity contribution is 7.80. The Hall–Kier alpha value is -3.02. The van der Waals surface area contributed by atoms with E-state index in [2.05, 4.69) is 5.10 Å². The average Bonchev–Trinajstić information content (AvgIpc) is 3.24. The van der Waals surface area contributed by atoms with Gasteiger partial charge in [-0.05, 0) is 24.5 Å². The van der Waals surface area contributed by atoms with Crippen molar-refractivity contribution in [1.82, 2.24) is 14.7 Å². The van der Waals surface area contributed by atoms with Crippen LogP contribution < -0.4 is 5.73 Å². The van der Waals surface area contributed by atoms with Gasteiger partial charge in [-0.15, -0.1) is 0 Å². The summed E-state index contributed by atoms with van der Waals surface area (Å²) in [5.41, 5.74) is 4.31. The number of halogens is 4. The third-order valence-corrected chi connectivity index (χ3v) is 5.70. The second kappa shape index (κ2) is 10.7. The van der Waals surface area contributed by atoms with Crippen molar-refractivity contribution in [1.29, 1.82) is 0 Å². The van der Waals surface area contributed by atoms with E-state index in [1.54, 1.807) is 30.3 Å². The molecule has 12 heteroatoms. The summed E-state index contributed by atoms with van der Waals surface area (Å²) in [6, 6.07) is 6.99. The number of ether oxygens (including phenoxy) is 1. The number of hydrogen-bond acceptors (Lipinski definition) is 5. The van der Waals surface area contributed by atoms with Gasteiger partial charge in [0.2, 0.25) is 6.04 Å².